The number of nitrogens with one attached hydrogen (secondary N) is 2. The van der Waals surface area contributed by atoms with Crippen LogP contribution < -0.4 is 16.4 Å². The lowest BCUT2D eigenvalue weighted by Gasteiger charge is -2.14. The minimum atomic E-state index is -0.101. The van der Waals surface area contributed by atoms with Crippen molar-refractivity contribution < 1.29 is 9.53 Å². The Morgan fingerprint density at radius 3 is 3.05 bits per heavy atom. The topological polar surface area (TPSA) is 76.4 Å². The predicted molar refractivity (Wildman–Crippen MR) is 78.7 cm³/mol. The predicted octanol–water partition coefficient (Wildman–Crippen LogP) is 1.92. The monoisotopic (exact) mass is 283 g/mol. The average molecular weight is 283 g/mol. The van der Waals surface area contributed by atoms with Gasteiger partial charge in [0.1, 0.15) is 4.88 Å². The van der Waals surface area contributed by atoms with Crippen molar-refractivity contribution in [1.29, 1.82) is 0 Å². The van der Waals surface area contributed by atoms with Gasteiger partial charge in [0.05, 0.1) is 16.8 Å². The number of carbonyl (C=O) groups is 1. The number of ether oxygens (including phenoxy) is 1. The molecular formula is C13H21N3O2S. The molecule has 6 heteroatoms. The van der Waals surface area contributed by atoms with E-state index in [0.717, 1.165) is 24.6 Å². The highest BCUT2D eigenvalue weighted by Crippen LogP contribution is 2.30. The Hall–Kier alpha value is -1.27. The summed E-state index contributed by atoms with van der Waals surface area (Å²) in [5, 5.41) is 7.06. The van der Waals surface area contributed by atoms with Crippen LogP contribution in [0.1, 0.15) is 29.9 Å². The quantitative estimate of drug-likeness (QED) is 0.771. The molecule has 106 valence electrons. The van der Waals surface area contributed by atoms with Gasteiger partial charge in [-0.1, -0.05) is 0 Å². The van der Waals surface area contributed by atoms with Crippen LogP contribution in [0.15, 0.2) is 6.07 Å². The summed E-state index contributed by atoms with van der Waals surface area (Å²) in [7, 11) is 0. The van der Waals surface area contributed by atoms with Gasteiger partial charge in [-0.25, -0.2) is 0 Å². The number of carbonyl (C=O) groups excluding carboxylic acids is 1. The Morgan fingerprint density at radius 1 is 1.63 bits per heavy atom. The lowest BCUT2D eigenvalue weighted by atomic mass is 10.0. The molecule has 1 aliphatic rings. The van der Waals surface area contributed by atoms with E-state index in [1.165, 1.54) is 11.3 Å². The number of nitrogens with two attached hydrogens (primary N) is 1. The van der Waals surface area contributed by atoms with Gasteiger partial charge >= 0.3 is 0 Å². The smallest absolute Gasteiger partial charge is 0.263 e. The number of rotatable bonds is 5. The van der Waals surface area contributed by atoms with Gasteiger partial charge in [0.25, 0.3) is 5.91 Å². The van der Waals surface area contributed by atoms with Crippen LogP contribution >= 0.6 is 11.3 Å². The first-order chi connectivity index (χ1) is 9.11. The number of thiophene rings is 1. The number of hydrogen-bond donors (Lipinski definition) is 3. The molecule has 1 aliphatic heterocycles. The Bertz CT molecular complexity index is 447. The van der Waals surface area contributed by atoms with Crippen molar-refractivity contribution in [2.45, 2.75) is 26.4 Å². The number of amides is 1. The molecule has 2 atom stereocenters. The first kappa shape index (κ1) is 14.1. The van der Waals surface area contributed by atoms with Crippen LogP contribution in [0, 0.1) is 5.92 Å². The van der Waals surface area contributed by atoms with E-state index in [0.29, 0.717) is 29.1 Å². The van der Waals surface area contributed by atoms with E-state index in [9.17, 15) is 4.79 Å². The standard InChI is InChI=1S/C13H21N3O2S/c1-3-15-13(17)12-10(14)6-11(19-12)16-7-9-4-5-18-8(9)2/h6,8-9,16H,3-5,7,14H2,1-2H3,(H,15,17). The second kappa shape index (κ2) is 6.25. The minimum Gasteiger partial charge on any atom is -0.397 e. The van der Waals surface area contributed by atoms with E-state index < -0.39 is 0 Å². The Kier molecular flexibility index (Phi) is 4.66. The van der Waals surface area contributed by atoms with Gasteiger partial charge in [0.2, 0.25) is 0 Å². The van der Waals surface area contributed by atoms with E-state index in [1.807, 2.05) is 13.0 Å². The zero-order valence-electron chi connectivity index (χ0n) is 11.4. The zero-order chi connectivity index (χ0) is 13.8. The molecule has 0 aliphatic carbocycles. The molecule has 0 spiro atoms. The fourth-order valence-electron chi connectivity index (χ4n) is 2.19. The lowest BCUT2D eigenvalue weighted by molar-refractivity contribution is 0.0960. The second-order valence-electron chi connectivity index (χ2n) is 4.76. The van der Waals surface area contributed by atoms with Crippen LogP contribution in [0.4, 0.5) is 10.7 Å². The molecule has 0 radical (unpaired) electrons. The molecule has 19 heavy (non-hydrogen) atoms. The van der Waals surface area contributed by atoms with Crippen LogP contribution in [0.25, 0.3) is 0 Å². The molecular weight excluding hydrogens is 262 g/mol. The molecule has 1 fully saturated rings. The maximum atomic E-state index is 11.8. The Labute approximate surface area is 117 Å². The Morgan fingerprint density at radius 2 is 2.42 bits per heavy atom. The lowest BCUT2D eigenvalue weighted by Crippen LogP contribution is -2.22. The van der Waals surface area contributed by atoms with E-state index in [4.69, 9.17) is 10.5 Å². The number of hydrogen-bond acceptors (Lipinski definition) is 5. The highest BCUT2D eigenvalue weighted by molar-refractivity contribution is 7.18. The number of nitrogen functional groups attached to an aromatic ring is 1. The summed E-state index contributed by atoms with van der Waals surface area (Å²) in [6.07, 6.45) is 1.38. The maximum absolute atomic E-state index is 11.8. The van der Waals surface area contributed by atoms with Crippen LogP contribution in [0.5, 0.6) is 0 Å². The van der Waals surface area contributed by atoms with E-state index >= 15 is 0 Å². The molecule has 1 aromatic rings. The van der Waals surface area contributed by atoms with Crippen LogP contribution in [-0.4, -0.2) is 31.7 Å². The van der Waals surface area contributed by atoms with Gasteiger partial charge in [0.15, 0.2) is 0 Å². The van der Waals surface area contributed by atoms with Crippen molar-refractivity contribution in [2.75, 3.05) is 30.7 Å². The second-order valence-corrected chi connectivity index (χ2v) is 5.81. The third kappa shape index (κ3) is 3.39. The van der Waals surface area contributed by atoms with Crippen molar-refractivity contribution in [3.63, 3.8) is 0 Å². The minimum absolute atomic E-state index is 0.101. The summed E-state index contributed by atoms with van der Waals surface area (Å²) in [6.45, 7) is 6.29. The molecule has 5 nitrogen and oxygen atoms in total. The SMILES string of the molecule is CCNC(=O)c1sc(NCC2CCOC2C)cc1N. The molecule has 2 unspecified atom stereocenters. The average Bonchev–Trinajstić information content (AvgIpc) is 2.93. The molecule has 1 amide bonds. The fraction of sp³-hybridized carbons (Fsp3) is 0.615. The first-order valence-corrected chi connectivity index (χ1v) is 7.46. The van der Waals surface area contributed by atoms with Crippen LogP contribution in [-0.2, 0) is 4.74 Å². The first-order valence-electron chi connectivity index (χ1n) is 6.64. The summed E-state index contributed by atoms with van der Waals surface area (Å²) < 4.78 is 5.53. The molecule has 2 rings (SSSR count). The van der Waals surface area contributed by atoms with Crippen molar-refractivity contribution in [3.8, 4) is 0 Å². The van der Waals surface area contributed by atoms with Gasteiger partial charge in [-0.05, 0) is 26.3 Å². The largest absolute Gasteiger partial charge is 0.397 e. The van der Waals surface area contributed by atoms with Crippen LogP contribution in [0.3, 0.4) is 0 Å². The summed E-state index contributed by atoms with van der Waals surface area (Å²) in [5.74, 6) is 0.423. The fourth-order valence-corrected chi connectivity index (χ4v) is 3.09. The summed E-state index contributed by atoms with van der Waals surface area (Å²) >= 11 is 1.40. The summed E-state index contributed by atoms with van der Waals surface area (Å²) in [4.78, 5) is 12.3. The van der Waals surface area contributed by atoms with Gasteiger partial charge in [-0.15, -0.1) is 11.3 Å². The van der Waals surface area contributed by atoms with E-state index in [-0.39, 0.29) is 5.91 Å². The van der Waals surface area contributed by atoms with E-state index in [1.54, 1.807) is 0 Å². The highest BCUT2D eigenvalue weighted by atomic mass is 32.1. The highest BCUT2D eigenvalue weighted by Gasteiger charge is 2.24. The van der Waals surface area contributed by atoms with Gasteiger partial charge in [-0.2, -0.15) is 0 Å². The van der Waals surface area contributed by atoms with E-state index in [2.05, 4.69) is 17.6 Å². The van der Waals surface area contributed by atoms with Crippen molar-refractivity contribution in [3.05, 3.63) is 10.9 Å². The molecule has 1 aromatic heterocycles. The third-order valence-corrected chi connectivity index (χ3v) is 4.48. The zero-order valence-corrected chi connectivity index (χ0v) is 12.2. The third-order valence-electron chi connectivity index (χ3n) is 3.38. The molecule has 1 saturated heterocycles. The number of anilines is 2. The Balaban J connectivity index is 1.94. The molecule has 0 aromatic carbocycles. The normalized spacial score (nSPS) is 22.4. The summed E-state index contributed by atoms with van der Waals surface area (Å²) in [5.41, 5.74) is 6.40. The molecule has 0 saturated carbocycles. The van der Waals surface area contributed by atoms with Crippen molar-refractivity contribution in [1.82, 2.24) is 5.32 Å². The van der Waals surface area contributed by atoms with Gasteiger partial charge in [-0.3, -0.25) is 4.79 Å². The van der Waals surface area contributed by atoms with Gasteiger partial charge < -0.3 is 21.1 Å². The van der Waals surface area contributed by atoms with Crippen LogP contribution in [0.2, 0.25) is 0 Å². The molecule has 4 N–H and O–H groups in total. The molecule has 2 heterocycles. The van der Waals surface area contributed by atoms with Crippen molar-refractivity contribution >= 4 is 27.9 Å². The summed E-state index contributed by atoms with van der Waals surface area (Å²) in [6, 6.07) is 1.83. The maximum Gasteiger partial charge on any atom is 0.263 e. The van der Waals surface area contributed by atoms with Gasteiger partial charge in [0, 0.05) is 25.6 Å². The molecule has 0 bridgehead atoms. The van der Waals surface area contributed by atoms with Crippen molar-refractivity contribution in [2.24, 2.45) is 5.92 Å².